The number of ether oxygens (including phenoxy) is 2. The highest BCUT2D eigenvalue weighted by Crippen LogP contribution is 2.38. The number of amides is 4. The smallest absolute Gasteiger partial charge is 0.407 e. The molecule has 316 valence electrons. The number of methoxy groups -OCH3 is 2. The number of fused-ring (bicyclic) bond motifs is 1. The summed E-state index contributed by atoms with van der Waals surface area (Å²) in [5, 5.41) is 5.44. The fraction of sp³-hybridized carbons (Fsp3) is 0.435. The Hall–Kier alpha value is -6.18. The van der Waals surface area contributed by atoms with E-state index in [-0.39, 0.29) is 47.6 Å². The molecule has 0 spiro atoms. The van der Waals surface area contributed by atoms with E-state index in [2.05, 4.69) is 95.1 Å². The van der Waals surface area contributed by atoms with Crippen LogP contribution in [0.5, 0.6) is 0 Å². The maximum Gasteiger partial charge on any atom is 0.407 e. The van der Waals surface area contributed by atoms with E-state index in [0.29, 0.717) is 13.1 Å². The molecule has 7 rings (SSSR count). The fourth-order valence-corrected chi connectivity index (χ4v) is 8.57. The number of carbonyl (C=O) groups excluding carboxylic acids is 4. The van der Waals surface area contributed by atoms with Crippen LogP contribution in [0, 0.1) is 23.7 Å². The van der Waals surface area contributed by atoms with Crippen molar-refractivity contribution in [3.05, 3.63) is 84.6 Å². The number of nitrogens with one attached hydrogen (secondary N) is 4. The van der Waals surface area contributed by atoms with Crippen molar-refractivity contribution in [2.45, 2.75) is 78.6 Å². The summed E-state index contributed by atoms with van der Waals surface area (Å²) in [6, 6.07) is 21.1. The minimum Gasteiger partial charge on any atom is -0.453 e. The van der Waals surface area contributed by atoms with E-state index in [9.17, 15) is 19.2 Å². The van der Waals surface area contributed by atoms with Gasteiger partial charge >= 0.3 is 12.2 Å². The third-order valence-electron chi connectivity index (χ3n) is 11.8. The average Bonchev–Trinajstić information content (AvgIpc) is 4.06. The molecule has 2 aliphatic rings. The second kappa shape index (κ2) is 17.6. The molecule has 14 nitrogen and oxygen atoms in total. The fourth-order valence-electron chi connectivity index (χ4n) is 8.57. The van der Waals surface area contributed by atoms with Gasteiger partial charge in [0.1, 0.15) is 23.7 Å². The molecule has 2 aliphatic heterocycles. The Kier molecular flexibility index (Phi) is 12.3. The van der Waals surface area contributed by atoms with Crippen molar-refractivity contribution in [1.82, 2.24) is 40.4 Å². The van der Waals surface area contributed by atoms with Gasteiger partial charge in [-0.05, 0) is 76.5 Å². The number of imidazole rings is 2. The van der Waals surface area contributed by atoms with Gasteiger partial charge in [0.25, 0.3) is 0 Å². The molecule has 0 aliphatic carbocycles. The van der Waals surface area contributed by atoms with Crippen molar-refractivity contribution < 1.29 is 28.7 Å². The molecule has 5 aromatic rings. The molecule has 0 saturated carbocycles. The predicted molar refractivity (Wildman–Crippen MR) is 229 cm³/mol. The Bertz CT molecular complexity index is 2330. The van der Waals surface area contributed by atoms with E-state index >= 15 is 0 Å². The Morgan fingerprint density at radius 1 is 0.650 bits per heavy atom. The molecule has 0 unspecified atom stereocenters. The molecular weight excluding hydrogens is 761 g/mol. The van der Waals surface area contributed by atoms with E-state index in [1.807, 2.05) is 49.8 Å². The van der Waals surface area contributed by atoms with Gasteiger partial charge in [-0.15, -0.1) is 0 Å². The zero-order valence-electron chi connectivity index (χ0n) is 35.6. The van der Waals surface area contributed by atoms with Gasteiger partial charge in [-0.2, -0.15) is 0 Å². The third kappa shape index (κ3) is 8.73. The van der Waals surface area contributed by atoms with Crippen LogP contribution >= 0.6 is 0 Å². The number of aromatic amines is 2. The van der Waals surface area contributed by atoms with E-state index in [1.165, 1.54) is 14.2 Å². The van der Waals surface area contributed by atoms with Gasteiger partial charge < -0.3 is 39.9 Å². The summed E-state index contributed by atoms with van der Waals surface area (Å²) >= 11 is 0. The van der Waals surface area contributed by atoms with Crippen LogP contribution in [0.4, 0.5) is 9.59 Å². The first-order valence-corrected chi connectivity index (χ1v) is 20.8. The standard InChI is InChI=1S/C46H56N8O6/c1-25(2)39(51-45(57)59-7)43(55)53-23-27(5)19-37(53)41-47-22-36(50-41)32-15-13-30(14-16-32)29-9-11-31(12-10-29)33-17-18-34-35(21-33)49-42(48-34)38-20-28(6)24-54(38)44(56)40(26(3)4)52-46(58)60-8/h9-18,21-22,25-28,37-40H,19-20,23-24H2,1-8H3,(H,47,50)(H,48,49)(H,51,57)(H,52,58)/t27-,28-,37+,38-,39-,40-/m0/s1. The van der Waals surface area contributed by atoms with Gasteiger partial charge in [0.05, 0.1) is 49.2 Å². The summed E-state index contributed by atoms with van der Waals surface area (Å²) in [6.45, 7) is 13.0. The number of benzene rings is 3. The van der Waals surface area contributed by atoms with Gasteiger partial charge in [-0.25, -0.2) is 19.6 Å². The minimum absolute atomic E-state index is 0.113. The summed E-state index contributed by atoms with van der Waals surface area (Å²) in [6.07, 6.45) is 2.10. The van der Waals surface area contributed by atoms with Gasteiger partial charge in [-0.1, -0.05) is 96.1 Å². The van der Waals surface area contributed by atoms with Crippen LogP contribution in [0.25, 0.3) is 44.5 Å². The SMILES string of the molecule is COC(=O)N[C@H](C(=O)N1C[C@@H](C)C[C@@H]1c1ncc(-c2ccc(-c3ccc(-c4ccc5nc([C@@H]6C[C@H](C)CN6C(=O)[C@@H](NC(=O)OC)C(C)C)[nH]c5c4)cc3)cc2)[nH]1)C(C)C. The number of rotatable bonds is 11. The molecule has 4 heterocycles. The molecule has 4 N–H and O–H groups in total. The summed E-state index contributed by atoms with van der Waals surface area (Å²) in [4.78, 5) is 71.8. The van der Waals surface area contributed by atoms with Crippen molar-refractivity contribution in [2.75, 3.05) is 27.3 Å². The molecular formula is C46H56N8O6. The number of nitrogens with zero attached hydrogens (tertiary/aromatic N) is 4. The molecule has 6 atom stereocenters. The lowest BCUT2D eigenvalue weighted by Crippen LogP contribution is -2.51. The maximum absolute atomic E-state index is 13.8. The van der Waals surface area contributed by atoms with E-state index in [0.717, 1.165) is 69.0 Å². The Morgan fingerprint density at radius 2 is 1.10 bits per heavy atom. The van der Waals surface area contributed by atoms with Crippen LogP contribution in [0.15, 0.2) is 72.9 Å². The molecule has 3 aromatic carbocycles. The van der Waals surface area contributed by atoms with Crippen molar-refractivity contribution in [3.8, 4) is 33.5 Å². The summed E-state index contributed by atoms with van der Waals surface area (Å²) < 4.78 is 9.58. The highest BCUT2D eigenvalue weighted by molar-refractivity contribution is 5.88. The monoisotopic (exact) mass is 816 g/mol. The molecule has 2 saturated heterocycles. The lowest BCUT2D eigenvalue weighted by molar-refractivity contribution is -0.136. The Morgan fingerprint density at radius 3 is 1.58 bits per heavy atom. The number of alkyl carbamates (subject to hydrolysis) is 2. The highest BCUT2D eigenvalue weighted by atomic mass is 16.5. The van der Waals surface area contributed by atoms with E-state index in [4.69, 9.17) is 19.4 Å². The number of H-pyrrole nitrogens is 2. The molecule has 2 aromatic heterocycles. The Balaban J connectivity index is 1.03. The average molecular weight is 817 g/mol. The zero-order chi connectivity index (χ0) is 42.8. The molecule has 60 heavy (non-hydrogen) atoms. The van der Waals surface area contributed by atoms with Crippen LogP contribution in [-0.2, 0) is 19.1 Å². The quantitative estimate of drug-likeness (QED) is 0.104. The normalized spacial score (nSPS) is 20.1. The number of carbonyl (C=O) groups is 4. The van der Waals surface area contributed by atoms with Crippen molar-refractivity contribution in [3.63, 3.8) is 0 Å². The maximum atomic E-state index is 13.8. The van der Waals surface area contributed by atoms with Gasteiger partial charge in [0.2, 0.25) is 11.8 Å². The molecule has 0 radical (unpaired) electrons. The second-order valence-corrected chi connectivity index (χ2v) is 17.1. The zero-order valence-corrected chi connectivity index (χ0v) is 35.6. The van der Waals surface area contributed by atoms with Crippen molar-refractivity contribution in [1.29, 1.82) is 0 Å². The number of aromatic nitrogens is 4. The lowest BCUT2D eigenvalue weighted by atomic mass is 9.99. The first kappa shape index (κ1) is 42.0. The molecule has 4 amide bonds. The van der Waals surface area contributed by atoms with Gasteiger partial charge in [-0.3, -0.25) is 9.59 Å². The van der Waals surface area contributed by atoms with E-state index in [1.54, 1.807) is 0 Å². The largest absolute Gasteiger partial charge is 0.453 e. The Labute approximate surface area is 350 Å². The van der Waals surface area contributed by atoms with E-state index < -0.39 is 24.3 Å². The van der Waals surface area contributed by atoms with Crippen molar-refractivity contribution >= 4 is 35.0 Å². The number of hydrogen-bond donors (Lipinski definition) is 4. The summed E-state index contributed by atoms with van der Waals surface area (Å²) in [5.74, 6) is 1.51. The second-order valence-electron chi connectivity index (χ2n) is 17.1. The lowest BCUT2D eigenvalue weighted by Gasteiger charge is -2.30. The van der Waals surface area contributed by atoms with Crippen LogP contribution in [-0.4, -0.2) is 93.1 Å². The minimum atomic E-state index is -0.701. The van der Waals surface area contributed by atoms with Crippen LogP contribution in [0.3, 0.4) is 0 Å². The molecule has 14 heteroatoms. The number of hydrogen-bond acceptors (Lipinski definition) is 8. The van der Waals surface area contributed by atoms with Gasteiger partial charge in [0.15, 0.2) is 0 Å². The number of likely N-dealkylation sites (tertiary alicyclic amines) is 2. The highest BCUT2D eigenvalue weighted by Gasteiger charge is 2.41. The first-order valence-electron chi connectivity index (χ1n) is 20.8. The van der Waals surface area contributed by atoms with Crippen LogP contribution in [0.2, 0.25) is 0 Å². The van der Waals surface area contributed by atoms with Gasteiger partial charge in [0, 0.05) is 13.1 Å². The molecule has 2 fully saturated rings. The third-order valence-corrected chi connectivity index (χ3v) is 11.8. The summed E-state index contributed by atoms with van der Waals surface area (Å²) in [7, 11) is 2.59. The molecule has 0 bridgehead atoms. The first-order chi connectivity index (χ1) is 28.7. The topological polar surface area (TPSA) is 175 Å². The summed E-state index contributed by atoms with van der Waals surface area (Å²) in [5.41, 5.74) is 7.82. The van der Waals surface area contributed by atoms with Crippen LogP contribution < -0.4 is 10.6 Å². The predicted octanol–water partition coefficient (Wildman–Crippen LogP) is 7.87. The van der Waals surface area contributed by atoms with Crippen LogP contribution in [0.1, 0.15) is 78.1 Å². The van der Waals surface area contributed by atoms with Crippen molar-refractivity contribution in [2.24, 2.45) is 23.7 Å².